The molecule has 1 atom stereocenters. The van der Waals surface area contributed by atoms with Crippen LogP contribution in [0.3, 0.4) is 0 Å². The number of nitrogens with zero attached hydrogens (tertiary/aromatic N) is 1. The van der Waals surface area contributed by atoms with E-state index in [4.69, 9.17) is 4.74 Å². The van der Waals surface area contributed by atoms with Gasteiger partial charge in [0.05, 0.1) is 11.0 Å². The Kier molecular flexibility index (Phi) is 5.21. The van der Waals surface area contributed by atoms with E-state index in [0.29, 0.717) is 6.10 Å². The molecule has 0 radical (unpaired) electrons. The molecule has 1 aliphatic rings. The summed E-state index contributed by atoms with van der Waals surface area (Å²) in [6.07, 6.45) is 4.71. The van der Waals surface area contributed by atoms with Gasteiger partial charge in [0.1, 0.15) is 5.01 Å². The predicted molar refractivity (Wildman–Crippen MR) is 104 cm³/mol. The van der Waals surface area contributed by atoms with Crippen LogP contribution in [0.5, 0.6) is 0 Å². The van der Waals surface area contributed by atoms with Crippen molar-refractivity contribution in [1.82, 2.24) is 10.3 Å². The molecule has 0 bridgehead atoms. The predicted octanol–water partition coefficient (Wildman–Crippen LogP) is 4.75. The summed E-state index contributed by atoms with van der Waals surface area (Å²) in [6, 6.07) is 19.2. The van der Waals surface area contributed by atoms with Crippen LogP contribution in [0, 0.1) is 0 Å². The van der Waals surface area contributed by atoms with Crippen LogP contribution in [0.4, 0.5) is 0 Å². The molecule has 2 heterocycles. The minimum absolute atomic E-state index is 0.380. The molecule has 128 valence electrons. The molecule has 0 amide bonds. The lowest BCUT2D eigenvalue weighted by Gasteiger charge is -2.09. The first-order valence-electron chi connectivity index (χ1n) is 8.81. The first-order chi connectivity index (χ1) is 12.4. The average molecular weight is 350 g/mol. The molecule has 3 aromatic rings. The third-order valence-corrected chi connectivity index (χ3v) is 5.55. The molecule has 4 rings (SSSR count). The maximum absolute atomic E-state index is 5.63. The third-order valence-electron chi connectivity index (χ3n) is 4.50. The second-order valence-corrected chi connectivity index (χ2v) is 7.44. The van der Waals surface area contributed by atoms with Gasteiger partial charge in [-0.2, -0.15) is 0 Å². The molecule has 1 fully saturated rings. The van der Waals surface area contributed by atoms with Crippen LogP contribution >= 0.6 is 11.3 Å². The fourth-order valence-electron chi connectivity index (χ4n) is 3.13. The largest absolute Gasteiger partial charge is 0.377 e. The number of hydrogen-bond donors (Lipinski definition) is 1. The van der Waals surface area contributed by atoms with Gasteiger partial charge in [-0.25, -0.2) is 4.98 Å². The van der Waals surface area contributed by atoms with Crippen molar-refractivity contribution in [3.8, 4) is 21.6 Å². The normalized spacial score (nSPS) is 17.0. The molecule has 3 nitrogen and oxygen atoms in total. The van der Waals surface area contributed by atoms with Crippen LogP contribution in [-0.2, 0) is 11.3 Å². The number of aromatic nitrogens is 1. The zero-order valence-corrected chi connectivity index (χ0v) is 15.0. The summed E-state index contributed by atoms with van der Waals surface area (Å²) >= 11 is 1.76. The van der Waals surface area contributed by atoms with Crippen molar-refractivity contribution in [2.75, 3.05) is 13.2 Å². The van der Waals surface area contributed by atoms with Crippen molar-refractivity contribution < 1.29 is 4.74 Å². The Labute approximate surface area is 152 Å². The Morgan fingerprint density at radius 3 is 2.52 bits per heavy atom. The fraction of sp³-hybridized carbons (Fsp3) is 0.286. The van der Waals surface area contributed by atoms with Crippen molar-refractivity contribution in [2.45, 2.75) is 25.5 Å². The van der Waals surface area contributed by atoms with E-state index in [1.54, 1.807) is 11.3 Å². The van der Waals surface area contributed by atoms with Crippen molar-refractivity contribution in [2.24, 2.45) is 0 Å². The topological polar surface area (TPSA) is 34.2 Å². The lowest BCUT2D eigenvalue weighted by molar-refractivity contribution is 0.110. The molecule has 0 saturated carbocycles. The SMILES string of the molecule is c1ccc(-c2ccc(-c3cnc(CNCC4CCCO4)s3)cc2)cc1. The highest BCUT2D eigenvalue weighted by Crippen LogP contribution is 2.28. The Morgan fingerprint density at radius 2 is 1.76 bits per heavy atom. The van der Waals surface area contributed by atoms with E-state index in [1.165, 1.54) is 34.4 Å². The molecule has 0 spiro atoms. The van der Waals surface area contributed by atoms with Crippen LogP contribution in [0.2, 0.25) is 0 Å². The van der Waals surface area contributed by atoms with Gasteiger partial charge in [-0.3, -0.25) is 0 Å². The van der Waals surface area contributed by atoms with Crippen LogP contribution in [-0.4, -0.2) is 24.2 Å². The summed E-state index contributed by atoms with van der Waals surface area (Å²) in [5, 5.41) is 4.59. The van der Waals surface area contributed by atoms with E-state index >= 15 is 0 Å². The first-order valence-corrected chi connectivity index (χ1v) is 9.63. The van der Waals surface area contributed by atoms with Gasteiger partial charge in [-0.1, -0.05) is 54.6 Å². The van der Waals surface area contributed by atoms with E-state index in [0.717, 1.165) is 24.7 Å². The van der Waals surface area contributed by atoms with Crippen molar-refractivity contribution >= 4 is 11.3 Å². The summed E-state index contributed by atoms with van der Waals surface area (Å²) in [5.74, 6) is 0. The molecule has 1 aromatic heterocycles. The zero-order valence-electron chi connectivity index (χ0n) is 14.2. The van der Waals surface area contributed by atoms with Crippen LogP contribution in [0.25, 0.3) is 21.6 Å². The Hall–Kier alpha value is -2.01. The molecule has 25 heavy (non-hydrogen) atoms. The summed E-state index contributed by atoms with van der Waals surface area (Å²) in [4.78, 5) is 5.77. The zero-order chi connectivity index (χ0) is 16.9. The molecule has 1 N–H and O–H groups in total. The van der Waals surface area contributed by atoms with Gasteiger partial charge in [-0.15, -0.1) is 11.3 Å². The number of rotatable bonds is 6. The van der Waals surface area contributed by atoms with Gasteiger partial charge in [0.15, 0.2) is 0 Å². The number of benzene rings is 2. The van der Waals surface area contributed by atoms with Gasteiger partial charge in [-0.05, 0) is 29.5 Å². The van der Waals surface area contributed by atoms with Crippen molar-refractivity contribution in [1.29, 1.82) is 0 Å². The smallest absolute Gasteiger partial charge is 0.107 e. The van der Waals surface area contributed by atoms with Crippen LogP contribution in [0.1, 0.15) is 17.8 Å². The molecular formula is C21H22N2OS. The highest BCUT2D eigenvalue weighted by Gasteiger charge is 2.14. The maximum Gasteiger partial charge on any atom is 0.107 e. The molecule has 1 unspecified atom stereocenters. The Bertz CT molecular complexity index is 792. The van der Waals surface area contributed by atoms with Gasteiger partial charge >= 0.3 is 0 Å². The van der Waals surface area contributed by atoms with E-state index in [2.05, 4.69) is 58.8 Å². The monoisotopic (exact) mass is 350 g/mol. The maximum atomic E-state index is 5.63. The summed E-state index contributed by atoms with van der Waals surface area (Å²) in [7, 11) is 0. The third kappa shape index (κ3) is 4.15. The molecular weight excluding hydrogens is 328 g/mol. The first kappa shape index (κ1) is 16.5. The van der Waals surface area contributed by atoms with Crippen molar-refractivity contribution in [3.63, 3.8) is 0 Å². The van der Waals surface area contributed by atoms with E-state index < -0.39 is 0 Å². The summed E-state index contributed by atoms with van der Waals surface area (Å²) in [5.41, 5.74) is 3.72. The lowest BCUT2D eigenvalue weighted by atomic mass is 10.0. The van der Waals surface area contributed by atoms with Crippen LogP contribution in [0.15, 0.2) is 60.8 Å². The Morgan fingerprint density at radius 1 is 1.00 bits per heavy atom. The lowest BCUT2D eigenvalue weighted by Crippen LogP contribution is -2.25. The van der Waals surface area contributed by atoms with E-state index in [-0.39, 0.29) is 0 Å². The number of hydrogen-bond acceptors (Lipinski definition) is 4. The summed E-state index contributed by atoms with van der Waals surface area (Å²) < 4.78 is 5.63. The molecule has 0 aliphatic carbocycles. The van der Waals surface area contributed by atoms with Gasteiger partial charge in [0, 0.05) is 25.9 Å². The van der Waals surface area contributed by atoms with Crippen LogP contribution < -0.4 is 5.32 Å². The van der Waals surface area contributed by atoms with Gasteiger partial charge < -0.3 is 10.1 Å². The quantitative estimate of drug-likeness (QED) is 0.697. The number of thiazole rings is 1. The number of nitrogens with one attached hydrogen (secondary N) is 1. The van der Waals surface area contributed by atoms with E-state index in [1.807, 2.05) is 12.3 Å². The number of ether oxygens (including phenoxy) is 1. The highest BCUT2D eigenvalue weighted by atomic mass is 32.1. The average Bonchev–Trinajstić information content (AvgIpc) is 3.35. The molecule has 1 saturated heterocycles. The minimum atomic E-state index is 0.380. The van der Waals surface area contributed by atoms with Gasteiger partial charge in [0.25, 0.3) is 0 Å². The van der Waals surface area contributed by atoms with Gasteiger partial charge in [0.2, 0.25) is 0 Å². The second kappa shape index (κ2) is 7.91. The fourth-order valence-corrected chi connectivity index (χ4v) is 4.02. The standard InChI is InChI=1S/C21H22N2OS/c1-2-5-16(6-3-1)17-8-10-18(11-9-17)20-14-23-21(25-20)15-22-13-19-7-4-12-24-19/h1-3,5-6,8-11,14,19,22H,4,7,12-13,15H2. The summed E-state index contributed by atoms with van der Waals surface area (Å²) in [6.45, 7) is 2.64. The minimum Gasteiger partial charge on any atom is -0.377 e. The molecule has 2 aromatic carbocycles. The Balaban J connectivity index is 1.38. The van der Waals surface area contributed by atoms with E-state index in [9.17, 15) is 0 Å². The second-order valence-electron chi connectivity index (χ2n) is 6.33. The van der Waals surface area contributed by atoms with Crippen molar-refractivity contribution in [3.05, 3.63) is 65.8 Å². The molecule has 1 aliphatic heterocycles. The highest BCUT2D eigenvalue weighted by molar-refractivity contribution is 7.15. The molecule has 4 heteroatoms.